The molecule has 0 aromatic rings. The molecular weight excluding hydrogens is 480 g/mol. The predicted molar refractivity (Wildman–Crippen MR) is 146 cm³/mol. The molecule has 0 aliphatic heterocycles. The lowest BCUT2D eigenvalue weighted by Crippen LogP contribution is -2.64. The molecule has 5 saturated carbocycles. The molecule has 7 nitrogen and oxygen atoms in total. The SMILES string of the molecule is C[C@@H]([C@H]1[C@H](O)C[C@@]2(C)[C@@H]3CC[C@H]4[C@](C)(CO)[C@@H](NC(=O)OC(C)(C)C)CC[C@@]45C[C@]35C(=O)C[C@]12C)N(C)C. The zero-order valence-electron chi connectivity index (χ0n) is 25.2. The van der Waals surface area contributed by atoms with E-state index in [-0.39, 0.29) is 58.1 Å². The fourth-order valence-corrected chi connectivity index (χ4v) is 11.1. The Bertz CT molecular complexity index is 1010. The number of nitrogens with one attached hydrogen (secondary N) is 1. The molecule has 11 atom stereocenters. The lowest BCUT2D eigenvalue weighted by atomic mass is 9.41. The average Bonchev–Trinajstić information content (AvgIpc) is 3.43. The number of carbonyl (C=O) groups is 2. The van der Waals surface area contributed by atoms with Crippen LogP contribution in [0.15, 0.2) is 0 Å². The van der Waals surface area contributed by atoms with Crippen molar-refractivity contribution in [3.63, 3.8) is 0 Å². The highest BCUT2D eigenvalue weighted by Crippen LogP contribution is 2.87. The molecule has 2 spiro atoms. The van der Waals surface area contributed by atoms with Crippen LogP contribution in [0.3, 0.4) is 0 Å². The van der Waals surface area contributed by atoms with Crippen molar-refractivity contribution in [3.05, 3.63) is 0 Å². The highest BCUT2D eigenvalue weighted by Gasteiger charge is 2.86. The fraction of sp³-hybridized carbons (Fsp3) is 0.935. The van der Waals surface area contributed by atoms with Gasteiger partial charge in [-0.3, -0.25) is 4.79 Å². The molecule has 0 saturated heterocycles. The van der Waals surface area contributed by atoms with Gasteiger partial charge in [-0.05, 0) is 108 Å². The molecule has 5 aliphatic rings. The summed E-state index contributed by atoms with van der Waals surface area (Å²) in [4.78, 5) is 29.4. The molecule has 1 amide bonds. The molecule has 0 heterocycles. The third kappa shape index (κ3) is 3.43. The number of Topliss-reactive ketones (excluding diaryl/α,β-unsaturated/α-hetero) is 1. The Morgan fingerprint density at radius 2 is 1.76 bits per heavy atom. The molecular formula is C31H52N2O5. The molecule has 5 rings (SSSR count). The number of alkyl carbamates (subject to hydrolysis) is 1. The Labute approximate surface area is 229 Å². The van der Waals surface area contributed by atoms with Gasteiger partial charge in [0.25, 0.3) is 0 Å². The van der Waals surface area contributed by atoms with Gasteiger partial charge in [-0.1, -0.05) is 20.8 Å². The molecule has 0 aromatic carbocycles. The summed E-state index contributed by atoms with van der Waals surface area (Å²) in [6, 6.07) is 0.000527. The van der Waals surface area contributed by atoms with E-state index >= 15 is 0 Å². The quantitative estimate of drug-likeness (QED) is 0.497. The Morgan fingerprint density at radius 3 is 2.34 bits per heavy atom. The topological polar surface area (TPSA) is 99.1 Å². The number of amides is 1. The van der Waals surface area contributed by atoms with E-state index < -0.39 is 23.2 Å². The molecule has 3 N–H and O–H groups in total. The predicted octanol–water partition coefficient (Wildman–Crippen LogP) is 4.39. The van der Waals surface area contributed by atoms with Crippen molar-refractivity contribution in [1.82, 2.24) is 10.2 Å². The second-order valence-electron chi connectivity index (χ2n) is 15.8. The number of aliphatic hydroxyl groups excluding tert-OH is 2. The van der Waals surface area contributed by atoms with Crippen LogP contribution >= 0.6 is 0 Å². The molecule has 0 aromatic heterocycles. The van der Waals surface area contributed by atoms with E-state index in [1.54, 1.807) is 0 Å². The Balaban J connectivity index is 1.47. The van der Waals surface area contributed by atoms with Crippen molar-refractivity contribution in [2.24, 2.45) is 44.8 Å². The second kappa shape index (κ2) is 8.42. The van der Waals surface area contributed by atoms with Gasteiger partial charge in [-0.15, -0.1) is 0 Å². The first-order valence-electron chi connectivity index (χ1n) is 14.9. The van der Waals surface area contributed by atoms with E-state index in [0.717, 1.165) is 38.5 Å². The zero-order valence-corrected chi connectivity index (χ0v) is 25.2. The van der Waals surface area contributed by atoms with Crippen LogP contribution in [0.1, 0.15) is 93.4 Å². The van der Waals surface area contributed by atoms with Gasteiger partial charge >= 0.3 is 6.09 Å². The van der Waals surface area contributed by atoms with Gasteiger partial charge in [-0.2, -0.15) is 0 Å². The maximum Gasteiger partial charge on any atom is 0.407 e. The maximum atomic E-state index is 14.4. The van der Waals surface area contributed by atoms with Crippen LogP contribution in [0.25, 0.3) is 0 Å². The monoisotopic (exact) mass is 532 g/mol. The number of aliphatic hydroxyl groups is 2. The van der Waals surface area contributed by atoms with E-state index in [4.69, 9.17) is 4.74 Å². The minimum atomic E-state index is -0.585. The van der Waals surface area contributed by atoms with Gasteiger partial charge in [0, 0.05) is 35.3 Å². The number of hydrogen-bond donors (Lipinski definition) is 3. The minimum absolute atomic E-state index is 0.0229. The van der Waals surface area contributed by atoms with Crippen molar-refractivity contribution < 1.29 is 24.5 Å². The van der Waals surface area contributed by atoms with Gasteiger partial charge in [0.1, 0.15) is 11.4 Å². The zero-order chi connectivity index (χ0) is 28.3. The normalized spacial score (nSPS) is 50.4. The van der Waals surface area contributed by atoms with Crippen molar-refractivity contribution in [2.45, 2.75) is 117 Å². The van der Waals surface area contributed by atoms with E-state index in [1.165, 1.54) is 0 Å². The first-order valence-corrected chi connectivity index (χ1v) is 14.9. The van der Waals surface area contributed by atoms with Gasteiger partial charge in [0.15, 0.2) is 0 Å². The summed E-state index contributed by atoms with van der Waals surface area (Å²) in [6.07, 6.45) is 4.86. The van der Waals surface area contributed by atoms with E-state index in [9.17, 15) is 19.8 Å². The van der Waals surface area contributed by atoms with Crippen LogP contribution in [-0.2, 0) is 9.53 Å². The smallest absolute Gasteiger partial charge is 0.407 e. The molecule has 0 radical (unpaired) electrons. The standard InChI is InChI=1S/C31H52N2O5/c1-18(33(8)9)24-19(35)14-28(6)21-11-10-20-27(5,17-34)22(32-25(37)38-26(2,3)4)12-13-30(20)16-31(21,30)23(36)15-29(24,28)7/h18-22,24,34-35H,10-17H2,1-9H3,(H,32,37)/t18-,19+,20-,21-,22-,24-,27-,28-,29+,30+,31+/m0/s1. The van der Waals surface area contributed by atoms with Crippen LogP contribution < -0.4 is 5.32 Å². The van der Waals surface area contributed by atoms with Crippen molar-refractivity contribution in [3.8, 4) is 0 Å². The number of ether oxygens (including phenoxy) is 1. The van der Waals surface area contributed by atoms with Crippen LogP contribution in [0.4, 0.5) is 4.79 Å². The molecule has 0 bridgehead atoms. The summed E-state index contributed by atoms with van der Waals surface area (Å²) < 4.78 is 5.57. The Hall–Kier alpha value is -1.18. The summed E-state index contributed by atoms with van der Waals surface area (Å²) in [5.41, 5.74) is -1.91. The average molecular weight is 533 g/mol. The van der Waals surface area contributed by atoms with E-state index in [0.29, 0.717) is 12.2 Å². The Morgan fingerprint density at radius 1 is 1.13 bits per heavy atom. The molecule has 7 heteroatoms. The van der Waals surface area contributed by atoms with Gasteiger partial charge in [0.2, 0.25) is 0 Å². The van der Waals surface area contributed by atoms with Gasteiger partial charge in [-0.25, -0.2) is 4.79 Å². The summed E-state index contributed by atoms with van der Waals surface area (Å²) >= 11 is 0. The number of fused-ring (bicyclic) bond motifs is 2. The number of ketones is 1. The highest BCUT2D eigenvalue weighted by atomic mass is 16.6. The summed E-state index contributed by atoms with van der Waals surface area (Å²) in [5, 5.41) is 25.4. The number of carbonyl (C=O) groups excluding carboxylic acids is 2. The lowest BCUT2D eigenvalue weighted by Gasteiger charge is -2.62. The third-order valence-corrected chi connectivity index (χ3v) is 13.1. The lowest BCUT2D eigenvalue weighted by molar-refractivity contribution is -0.172. The molecule has 0 unspecified atom stereocenters. The first-order chi connectivity index (χ1) is 17.4. The Kier molecular flexibility index (Phi) is 6.28. The third-order valence-electron chi connectivity index (χ3n) is 13.1. The van der Waals surface area contributed by atoms with Crippen molar-refractivity contribution >= 4 is 11.9 Å². The summed E-state index contributed by atoms with van der Waals surface area (Å²) in [6.45, 7) is 14.5. The fourth-order valence-electron chi connectivity index (χ4n) is 11.1. The van der Waals surface area contributed by atoms with Crippen LogP contribution in [0.5, 0.6) is 0 Å². The molecule has 38 heavy (non-hydrogen) atoms. The highest BCUT2D eigenvalue weighted by molar-refractivity contribution is 5.92. The van der Waals surface area contributed by atoms with Gasteiger partial charge < -0.3 is 25.2 Å². The van der Waals surface area contributed by atoms with Crippen LogP contribution in [0.2, 0.25) is 0 Å². The molecule has 5 fully saturated rings. The minimum Gasteiger partial charge on any atom is -0.444 e. The second-order valence-corrected chi connectivity index (χ2v) is 15.8. The van der Waals surface area contributed by atoms with Gasteiger partial charge in [0.05, 0.1) is 12.7 Å². The maximum absolute atomic E-state index is 14.4. The number of rotatable bonds is 4. The largest absolute Gasteiger partial charge is 0.444 e. The van der Waals surface area contributed by atoms with Crippen LogP contribution in [-0.4, -0.2) is 71.5 Å². The van der Waals surface area contributed by atoms with Crippen molar-refractivity contribution in [2.75, 3.05) is 20.7 Å². The summed E-state index contributed by atoms with van der Waals surface area (Å²) in [5.74, 6) is 0.887. The van der Waals surface area contributed by atoms with Crippen molar-refractivity contribution in [1.29, 1.82) is 0 Å². The molecule has 5 aliphatic carbocycles. The number of hydrogen-bond acceptors (Lipinski definition) is 6. The number of nitrogens with zero attached hydrogens (tertiary/aromatic N) is 1. The van der Waals surface area contributed by atoms with Crippen LogP contribution in [0, 0.1) is 44.8 Å². The summed E-state index contributed by atoms with van der Waals surface area (Å²) in [7, 11) is 4.15. The first kappa shape index (κ1) is 28.4. The van der Waals surface area contributed by atoms with E-state index in [1.807, 2.05) is 20.8 Å². The molecule has 216 valence electrons. The van der Waals surface area contributed by atoms with E-state index in [2.05, 4.69) is 52.0 Å².